The molecule has 0 spiro atoms. The van der Waals surface area contributed by atoms with Gasteiger partial charge in [0.05, 0.1) is 17.5 Å². The van der Waals surface area contributed by atoms with Gasteiger partial charge in [-0.2, -0.15) is 16.8 Å². The van der Waals surface area contributed by atoms with E-state index in [0.717, 1.165) is 12.8 Å². The van der Waals surface area contributed by atoms with Crippen molar-refractivity contribution >= 4 is 36.9 Å². The van der Waals surface area contributed by atoms with Gasteiger partial charge in [-0.15, -0.1) is 4.68 Å². The van der Waals surface area contributed by atoms with Crippen LogP contribution in [0.3, 0.4) is 0 Å². The molecular weight excluding hydrogens is 544 g/mol. The van der Waals surface area contributed by atoms with E-state index in [1.54, 1.807) is 47.5 Å². The molecule has 2 aliphatic rings. The summed E-state index contributed by atoms with van der Waals surface area (Å²) in [6.07, 6.45) is 1.96. The van der Waals surface area contributed by atoms with Gasteiger partial charge >= 0.3 is 0 Å². The lowest BCUT2D eigenvalue weighted by atomic mass is 9.93. The molecule has 2 aromatic rings. The molecule has 0 aromatic heterocycles. The van der Waals surface area contributed by atoms with Crippen molar-refractivity contribution < 1.29 is 30.4 Å². The van der Waals surface area contributed by atoms with Gasteiger partial charge in [-0.25, -0.2) is 11.7 Å². The molecule has 0 radical (unpaired) electrons. The lowest BCUT2D eigenvalue weighted by Gasteiger charge is -2.21. The van der Waals surface area contributed by atoms with E-state index in [-0.39, 0.29) is 17.9 Å². The zero-order chi connectivity index (χ0) is 28.4. The fraction of sp³-hybridized carbons (Fsp3) is 0.269. The quantitative estimate of drug-likeness (QED) is 0.0722. The van der Waals surface area contributed by atoms with E-state index in [1.807, 2.05) is 6.07 Å². The monoisotopic (exact) mass is 575 g/mol. The summed E-state index contributed by atoms with van der Waals surface area (Å²) in [4.78, 5) is -0.249. The molecule has 208 valence electrons. The van der Waals surface area contributed by atoms with Crippen LogP contribution in [-0.4, -0.2) is 44.8 Å². The van der Waals surface area contributed by atoms with Gasteiger partial charge in [-0.1, -0.05) is 31.5 Å². The topological polar surface area (TPSA) is 180 Å². The van der Waals surface area contributed by atoms with E-state index < -0.39 is 26.0 Å². The zero-order valence-corrected chi connectivity index (χ0v) is 23.0. The third-order valence-electron chi connectivity index (χ3n) is 6.34. The molecule has 1 heterocycles. The molecule has 1 aliphatic carbocycles. The normalized spacial score (nSPS) is 13.1. The average molecular weight is 576 g/mol. The molecule has 39 heavy (non-hydrogen) atoms. The second-order valence-electron chi connectivity index (χ2n) is 9.19. The van der Waals surface area contributed by atoms with Crippen LogP contribution in [0.5, 0.6) is 0 Å². The number of nitrogens with two attached hydrogens (primary N) is 2. The number of unbranched alkanes of at least 4 members (excludes halogenated alkanes) is 1. The number of anilines is 1. The fourth-order valence-corrected chi connectivity index (χ4v) is 5.61. The first-order chi connectivity index (χ1) is 18.4. The standard InChI is InChI=1S/C26H30N4O7S2/c1-2-3-13-29(27)18-9-11-20-23(16-18)37-24-17-19(30(28)14-6-15-38(31,32)33)10-12-21(24)26(20)22-7-4-5-8-25(22)39(34,35)36/h4-5,7-12,16-17H,2-3,6,13-15,27-28H2,1H3,(H-,31,32,33,34,35,36)/p+1. The van der Waals surface area contributed by atoms with E-state index in [2.05, 4.69) is 6.92 Å². The summed E-state index contributed by atoms with van der Waals surface area (Å²) in [5.41, 5.74) is 2.52. The maximum absolute atomic E-state index is 12.3. The average Bonchev–Trinajstić information content (AvgIpc) is 2.88. The Bertz CT molecular complexity index is 1770. The molecule has 0 bridgehead atoms. The lowest BCUT2D eigenvalue weighted by Crippen LogP contribution is -2.37. The number of fused-ring (bicyclic) bond motifs is 2. The Labute approximate surface area is 226 Å². The molecule has 11 nitrogen and oxygen atoms in total. The molecule has 0 atom stereocenters. The van der Waals surface area contributed by atoms with Gasteiger partial charge in [0.15, 0.2) is 6.54 Å². The second-order valence-corrected chi connectivity index (χ2v) is 12.2. The molecule has 0 saturated heterocycles. The highest BCUT2D eigenvalue weighted by Gasteiger charge is 2.24. The van der Waals surface area contributed by atoms with Crippen LogP contribution >= 0.6 is 0 Å². The van der Waals surface area contributed by atoms with Crippen molar-refractivity contribution in [1.82, 2.24) is 4.68 Å². The van der Waals surface area contributed by atoms with E-state index in [4.69, 9.17) is 20.7 Å². The molecule has 6 N–H and O–H groups in total. The van der Waals surface area contributed by atoms with Crippen LogP contribution in [-0.2, 0) is 20.2 Å². The van der Waals surface area contributed by atoms with Crippen molar-refractivity contribution in [3.8, 4) is 22.5 Å². The van der Waals surface area contributed by atoms with E-state index in [1.165, 1.54) is 16.8 Å². The smallest absolute Gasteiger partial charge is 0.295 e. The van der Waals surface area contributed by atoms with Gasteiger partial charge in [-0.3, -0.25) is 9.11 Å². The Morgan fingerprint density at radius 2 is 1.69 bits per heavy atom. The highest BCUT2D eigenvalue weighted by Crippen LogP contribution is 2.42. The van der Waals surface area contributed by atoms with Gasteiger partial charge in [0.1, 0.15) is 16.2 Å². The number of hydrogen-bond donors (Lipinski definition) is 4. The third kappa shape index (κ3) is 6.57. The van der Waals surface area contributed by atoms with Crippen LogP contribution in [0.4, 0.5) is 5.69 Å². The molecule has 0 amide bonds. The van der Waals surface area contributed by atoms with Crippen LogP contribution in [0.25, 0.3) is 33.4 Å². The molecule has 0 saturated carbocycles. The van der Waals surface area contributed by atoms with Gasteiger partial charge in [-0.05, 0) is 30.7 Å². The number of nitrogens with zero attached hydrogens (tertiary/aromatic N) is 2. The molecule has 13 heteroatoms. The van der Waals surface area contributed by atoms with Crippen molar-refractivity contribution in [3.05, 3.63) is 66.0 Å². The van der Waals surface area contributed by atoms with Crippen LogP contribution < -0.4 is 26.7 Å². The summed E-state index contributed by atoms with van der Waals surface area (Å²) in [6, 6.07) is 16.6. The van der Waals surface area contributed by atoms with Gasteiger partial charge < -0.3 is 9.43 Å². The first kappa shape index (κ1) is 28.5. The Balaban J connectivity index is 1.98. The first-order valence-electron chi connectivity index (χ1n) is 12.3. The maximum atomic E-state index is 12.3. The minimum Gasteiger partial charge on any atom is -0.456 e. The largest absolute Gasteiger partial charge is 0.456 e. The van der Waals surface area contributed by atoms with Gasteiger partial charge in [0.2, 0.25) is 5.36 Å². The van der Waals surface area contributed by atoms with Gasteiger partial charge in [0.25, 0.3) is 20.2 Å². The summed E-state index contributed by atoms with van der Waals surface area (Å²) in [5, 5.41) is 2.73. The number of rotatable bonds is 10. The van der Waals surface area contributed by atoms with Crippen LogP contribution in [0.1, 0.15) is 26.2 Å². The minimum atomic E-state index is -4.55. The van der Waals surface area contributed by atoms with Crippen molar-refractivity contribution in [2.24, 2.45) is 11.7 Å². The first-order valence-corrected chi connectivity index (χ1v) is 15.3. The maximum Gasteiger partial charge on any atom is 0.295 e. The van der Waals surface area contributed by atoms with E-state index in [0.29, 0.717) is 51.0 Å². The SMILES string of the molecule is CCCCN(N)c1ccc2c(-c3ccccc3S(=O)(=O)O)c3cc/c(=[N+](\N)CCCS(=O)(=O)O)cc-3oc2c1. The van der Waals surface area contributed by atoms with E-state index in [9.17, 15) is 21.4 Å². The Hall–Kier alpha value is -3.49. The summed E-state index contributed by atoms with van der Waals surface area (Å²) in [7, 11) is -8.67. The van der Waals surface area contributed by atoms with Crippen LogP contribution in [0, 0.1) is 0 Å². The van der Waals surface area contributed by atoms with Crippen molar-refractivity contribution in [1.29, 1.82) is 0 Å². The fourth-order valence-electron chi connectivity index (χ4n) is 4.42. The predicted octanol–water partition coefficient (Wildman–Crippen LogP) is 2.86. The Morgan fingerprint density at radius 3 is 2.38 bits per heavy atom. The zero-order valence-electron chi connectivity index (χ0n) is 21.3. The van der Waals surface area contributed by atoms with Gasteiger partial charge in [0, 0.05) is 47.2 Å². The predicted molar refractivity (Wildman–Crippen MR) is 150 cm³/mol. The van der Waals surface area contributed by atoms with Crippen LogP contribution in [0.2, 0.25) is 0 Å². The van der Waals surface area contributed by atoms with Crippen molar-refractivity contribution in [3.63, 3.8) is 0 Å². The molecular formula is C26H31N4O7S2+. The Kier molecular flexibility index (Phi) is 8.28. The summed E-state index contributed by atoms with van der Waals surface area (Å²) >= 11 is 0. The summed E-state index contributed by atoms with van der Waals surface area (Å²) in [6.45, 7) is 2.83. The lowest BCUT2D eigenvalue weighted by molar-refractivity contribution is 0.476. The summed E-state index contributed by atoms with van der Waals surface area (Å²) < 4.78 is 73.3. The number of benzene rings is 3. The van der Waals surface area contributed by atoms with Crippen molar-refractivity contribution in [2.75, 3.05) is 23.9 Å². The third-order valence-corrected chi connectivity index (χ3v) is 8.06. The highest BCUT2D eigenvalue weighted by atomic mass is 32.2. The molecule has 4 rings (SSSR count). The van der Waals surface area contributed by atoms with Crippen LogP contribution in [0.15, 0.2) is 70.0 Å². The molecule has 1 aliphatic heterocycles. The number of hydrogen-bond acceptors (Lipinski definition) is 8. The Morgan fingerprint density at radius 1 is 0.949 bits per heavy atom. The highest BCUT2D eigenvalue weighted by molar-refractivity contribution is 7.86. The van der Waals surface area contributed by atoms with Crippen molar-refractivity contribution in [2.45, 2.75) is 31.1 Å². The van der Waals surface area contributed by atoms with E-state index >= 15 is 0 Å². The molecule has 2 aromatic carbocycles. The second kappa shape index (κ2) is 11.3. The number of hydrazine groups is 2. The molecule has 0 fully saturated rings. The minimum absolute atomic E-state index is 0.0999. The molecule has 0 unspecified atom stereocenters. The summed E-state index contributed by atoms with van der Waals surface area (Å²) in [5.74, 6) is 12.3.